The fraction of sp³-hybridized carbons (Fsp3) is 0.148. The maximum absolute atomic E-state index is 13.7. The van der Waals surface area contributed by atoms with Crippen molar-refractivity contribution in [2.75, 3.05) is 6.61 Å². The lowest BCUT2D eigenvalue weighted by Gasteiger charge is -2.24. The van der Waals surface area contributed by atoms with E-state index in [9.17, 15) is 14.0 Å². The molecule has 4 aromatic rings. The molecule has 0 saturated heterocycles. The second-order valence-electron chi connectivity index (χ2n) is 8.07. The number of aromatic nitrogens is 1. The molecule has 2 aromatic carbocycles. The molecule has 1 aliphatic rings. The summed E-state index contributed by atoms with van der Waals surface area (Å²) in [4.78, 5) is 32.4. The van der Waals surface area contributed by atoms with Crippen LogP contribution < -0.4 is 14.9 Å². The second kappa shape index (κ2) is 10.5. The summed E-state index contributed by atoms with van der Waals surface area (Å²) in [5.74, 6) is -0.483. The summed E-state index contributed by atoms with van der Waals surface area (Å²) in [5, 5.41) is 1.31. The lowest BCUT2D eigenvalue weighted by Crippen LogP contribution is -2.39. The molecule has 6 nitrogen and oxygen atoms in total. The molecule has 0 bridgehead atoms. The lowest BCUT2D eigenvalue weighted by molar-refractivity contribution is -0.139. The third kappa shape index (κ3) is 5.20. The zero-order chi connectivity index (χ0) is 26.1. The number of halogens is 2. The van der Waals surface area contributed by atoms with Gasteiger partial charge in [0.15, 0.2) is 9.89 Å². The van der Waals surface area contributed by atoms with E-state index < -0.39 is 17.8 Å². The summed E-state index contributed by atoms with van der Waals surface area (Å²) < 4.78 is 26.7. The molecular formula is C27H20ClFN2O4S2. The Balaban J connectivity index is 1.57. The summed E-state index contributed by atoms with van der Waals surface area (Å²) in [7, 11) is 0. The van der Waals surface area contributed by atoms with Crippen molar-refractivity contribution in [2.45, 2.75) is 29.9 Å². The number of carbonyl (C=O) groups excluding carboxylic acids is 1. The van der Waals surface area contributed by atoms with E-state index in [-0.39, 0.29) is 17.7 Å². The van der Waals surface area contributed by atoms with Crippen molar-refractivity contribution in [1.82, 2.24) is 4.57 Å². The van der Waals surface area contributed by atoms with E-state index in [1.165, 1.54) is 39.8 Å². The number of benzene rings is 2. The zero-order valence-electron chi connectivity index (χ0n) is 19.7. The number of allylic oxidation sites excluding steroid dienone is 1. The lowest BCUT2D eigenvalue weighted by atomic mass is 9.96. The molecule has 0 amide bonds. The third-order valence-corrected chi connectivity index (χ3v) is 7.77. The number of nitrogens with zero attached hydrogens (tertiary/aromatic N) is 2. The van der Waals surface area contributed by atoms with Gasteiger partial charge in [0.2, 0.25) is 0 Å². The molecule has 0 unspecified atom stereocenters. The molecule has 1 aliphatic heterocycles. The van der Waals surface area contributed by atoms with Crippen molar-refractivity contribution < 1.29 is 18.3 Å². The van der Waals surface area contributed by atoms with Gasteiger partial charge in [-0.05, 0) is 67.9 Å². The molecule has 0 radical (unpaired) electrons. The van der Waals surface area contributed by atoms with Gasteiger partial charge in [0.05, 0.1) is 28.5 Å². The molecule has 188 valence electrons. The minimum Gasteiger partial charge on any atom is -0.463 e. The average Bonchev–Trinajstić information content (AvgIpc) is 3.44. The number of hydrogen-bond acceptors (Lipinski definition) is 7. The Morgan fingerprint density at radius 1 is 1.19 bits per heavy atom. The molecule has 10 heteroatoms. The van der Waals surface area contributed by atoms with Gasteiger partial charge in [0.1, 0.15) is 11.6 Å². The Kier molecular flexibility index (Phi) is 7.19. The zero-order valence-corrected chi connectivity index (χ0v) is 22.1. The average molecular weight is 555 g/mol. The predicted molar refractivity (Wildman–Crippen MR) is 141 cm³/mol. The van der Waals surface area contributed by atoms with Crippen molar-refractivity contribution in [3.63, 3.8) is 0 Å². The van der Waals surface area contributed by atoms with Gasteiger partial charge >= 0.3 is 5.97 Å². The Morgan fingerprint density at radius 2 is 1.92 bits per heavy atom. The molecule has 5 rings (SSSR count). The summed E-state index contributed by atoms with van der Waals surface area (Å²) >= 11 is 8.58. The molecule has 0 fully saturated rings. The summed E-state index contributed by atoms with van der Waals surface area (Å²) in [6.45, 7) is 3.58. The highest BCUT2D eigenvalue weighted by atomic mass is 35.5. The SMILES string of the molecule is CCOC(=O)C1=C(C)N=c2s/c(=C/c3ccc(Sc4ccc(Cl)cc4)o3)c(=O)n2[C@H]1c1ccc(F)cc1. The number of rotatable bonds is 6. The molecule has 37 heavy (non-hydrogen) atoms. The largest absolute Gasteiger partial charge is 0.463 e. The van der Waals surface area contributed by atoms with Crippen LogP contribution in [0.1, 0.15) is 31.2 Å². The maximum atomic E-state index is 13.7. The van der Waals surface area contributed by atoms with Crippen LogP contribution in [0.25, 0.3) is 6.08 Å². The van der Waals surface area contributed by atoms with E-state index in [0.29, 0.717) is 36.5 Å². The quantitative estimate of drug-likeness (QED) is 0.301. The van der Waals surface area contributed by atoms with Crippen LogP contribution >= 0.6 is 34.7 Å². The monoisotopic (exact) mass is 554 g/mol. The molecule has 0 N–H and O–H groups in total. The van der Waals surface area contributed by atoms with Crippen LogP contribution in [0.5, 0.6) is 0 Å². The minimum absolute atomic E-state index is 0.172. The van der Waals surface area contributed by atoms with Crippen LogP contribution in [-0.4, -0.2) is 17.1 Å². The number of furan rings is 1. The summed E-state index contributed by atoms with van der Waals surface area (Å²) in [6, 6.07) is 15.9. The molecule has 3 heterocycles. The van der Waals surface area contributed by atoms with Gasteiger partial charge in [-0.2, -0.15) is 0 Å². The maximum Gasteiger partial charge on any atom is 0.338 e. The van der Waals surface area contributed by atoms with E-state index in [4.69, 9.17) is 20.8 Å². The predicted octanol–water partition coefficient (Wildman–Crippen LogP) is 5.34. The van der Waals surface area contributed by atoms with Gasteiger partial charge in [-0.15, -0.1) is 0 Å². The highest BCUT2D eigenvalue weighted by molar-refractivity contribution is 7.99. The van der Waals surface area contributed by atoms with Crippen molar-refractivity contribution in [2.24, 2.45) is 4.99 Å². The molecule has 0 saturated carbocycles. The summed E-state index contributed by atoms with van der Waals surface area (Å²) in [5.41, 5.74) is 0.925. The molecule has 2 aromatic heterocycles. The van der Waals surface area contributed by atoms with Gasteiger partial charge < -0.3 is 9.15 Å². The number of fused-ring (bicyclic) bond motifs is 1. The molecular weight excluding hydrogens is 535 g/mol. The van der Waals surface area contributed by atoms with Crippen LogP contribution in [0, 0.1) is 5.82 Å². The third-order valence-electron chi connectivity index (χ3n) is 5.61. The Morgan fingerprint density at radius 3 is 2.62 bits per heavy atom. The van der Waals surface area contributed by atoms with Gasteiger partial charge in [-0.1, -0.05) is 46.8 Å². The summed E-state index contributed by atoms with van der Waals surface area (Å²) in [6.07, 6.45) is 1.65. The standard InChI is InChI=1S/C27H20ClFN2O4S2/c1-3-34-26(33)23-15(2)30-27-31(24(23)16-4-8-18(29)9-5-16)25(32)21(37-27)14-19-10-13-22(35-19)36-20-11-6-17(28)7-12-20/h4-14,24H,3H2,1-2H3/b21-14+/t24-/m0/s1. The topological polar surface area (TPSA) is 73.8 Å². The first-order chi connectivity index (χ1) is 17.8. The normalized spacial score (nSPS) is 15.5. The first-order valence-electron chi connectivity index (χ1n) is 11.3. The highest BCUT2D eigenvalue weighted by Crippen LogP contribution is 2.32. The fourth-order valence-corrected chi connectivity index (χ4v) is 5.90. The molecule has 0 spiro atoms. The van der Waals surface area contributed by atoms with Crippen LogP contribution in [-0.2, 0) is 9.53 Å². The Bertz CT molecular complexity index is 1690. The van der Waals surface area contributed by atoms with Crippen LogP contribution in [0.4, 0.5) is 4.39 Å². The minimum atomic E-state index is -0.800. The first kappa shape index (κ1) is 25.3. The Hall–Kier alpha value is -3.40. The molecule has 1 atom stereocenters. The smallest absolute Gasteiger partial charge is 0.338 e. The number of ether oxygens (including phenoxy) is 1. The van der Waals surface area contributed by atoms with E-state index in [1.54, 1.807) is 50.3 Å². The van der Waals surface area contributed by atoms with Crippen LogP contribution in [0.2, 0.25) is 5.02 Å². The van der Waals surface area contributed by atoms with Gasteiger partial charge in [0.25, 0.3) is 5.56 Å². The van der Waals surface area contributed by atoms with E-state index in [1.807, 2.05) is 18.2 Å². The van der Waals surface area contributed by atoms with Gasteiger partial charge in [-0.3, -0.25) is 9.36 Å². The van der Waals surface area contributed by atoms with Crippen molar-refractivity contribution in [3.8, 4) is 0 Å². The Labute approximate surface area is 224 Å². The van der Waals surface area contributed by atoms with E-state index >= 15 is 0 Å². The number of thiazole rings is 1. The molecule has 0 aliphatic carbocycles. The van der Waals surface area contributed by atoms with Crippen molar-refractivity contribution >= 4 is 46.7 Å². The van der Waals surface area contributed by atoms with Crippen LogP contribution in [0.15, 0.2) is 96.1 Å². The van der Waals surface area contributed by atoms with E-state index in [0.717, 1.165) is 4.90 Å². The number of esters is 1. The van der Waals surface area contributed by atoms with Crippen molar-refractivity contribution in [1.29, 1.82) is 0 Å². The van der Waals surface area contributed by atoms with Crippen LogP contribution in [0.3, 0.4) is 0 Å². The van der Waals surface area contributed by atoms with Gasteiger partial charge in [-0.25, -0.2) is 14.2 Å². The fourth-order valence-electron chi connectivity index (χ4n) is 3.97. The highest BCUT2D eigenvalue weighted by Gasteiger charge is 2.33. The second-order valence-corrected chi connectivity index (χ2v) is 10.6. The first-order valence-corrected chi connectivity index (χ1v) is 13.3. The van der Waals surface area contributed by atoms with E-state index in [2.05, 4.69) is 4.99 Å². The number of hydrogen-bond donors (Lipinski definition) is 0. The van der Waals surface area contributed by atoms with Gasteiger partial charge in [0, 0.05) is 16.0 Å². The van der Waals surface area contributed by atoms with Crippen molar-refractivity contribution in [3.05, 3.63) is 114 Å². The number of carbonyl (C=O) groups is 1.